The zero-order valence-corrected chi connectivity index (χ0v) is 33.1. The largest absolute Gasteiger partial charge is 0.456 e. The Kier molecular flexibility index (Phi) is 8.17. The third-order valence-corrected chi connectivity index (χ3v) is 12.1. The van der Waals surface area contributed by atoms with Crippen LogP contribution in [-0.2, 0) is 0 Å². The molecular weight excluding hydrogens is 743 g/mol. The highest BCUT2D eigenvalue weighted by molar-refractivity contribution is 6.19. The summed E-state index contributed by atoms with van der Waals surface area (Å²) in [6.45, 7) is 0. The zero-order valence-electron chi connectivity index (χ0n) is 33.1. The van der Waals surface area contributed by atoms with Crippen LogP contribution in [0.25, 0.3) is 99.2 Å². The van der Waals surface area contributed by atoms with Gasteiger partial charge >= 0.3 is 0 Å². The molecule has 0 aliphatic carbocycles. The average Bonchev–Trinajstić information content (AvgIpc) is 3.91. The van der Waals surface area contributed by atoms with Crippen LogP contribution in [0.4, 0.5) is 17.1 Å². The van der Waals surface area contributed by atoms with Crippen LogP contribution >= 0.6 is 0 Å². The summed E-state index contributed by atoms with van der Waals surface area (Å²) < 4.78 is 12.7. The topological polar surface area (TPSA) is 29.5 Å². The van der Waals surface area contributed by atoms with Crippen molar-refractivity contribution in [3.8, 4) is 44.5 Å². The number of anilines is 3. The molecule has 286 valence electrons. The van der Waals surface area contributed by atoms with Gasteiger partial charge in [-0.15, -0.1) is 0 Å². The van der Waals surface area contributed by atoms with E-state index in [1.165, 1.54) is 27.6 Å². The molecule has 0 N–H and O–H groups in total. The number of fused-ring (bicyclic) bond motifs is 8. The van der Waals surface area contributed by atoms with Crippen LogP contribution < -0.4 is 4.90 Å². The number of furan rings is 2. The lowest BCUT2D eigenvalue weighted by molar-refractivity contribution is 0.669. The Labute approximate surface area is 353 Å². The second kappa shape index (κ2) is 14.3. The lowest BCUT2D eigenvalue weighted by atomic mass is 9.97. The molecule has 3 nitrogen and oxygen atoms in total. The van der Waals surface area contributed by atoms with Crippen LogP contribution in [0.3, 0.4) is 0 Å². The van der Waals surface area contributed by atoms with Gasteiger partial charge in [0.2, 0.25) is 0 Å². The van der Waals surface area contributed by atoms with Crippen molar-refractivity contribution < 1.29 is 8.83 Å². The number of nitrogens with zero attached hydrogens (tertiary/aromatic N) is 1. The fourth-order valence-electron chi connectivity index (χ4n) is 9.05. The van der Waals surface area contributed by atoms with Crippen LogP contribution in [0.2, 0.25) is 0 Å². The molecule has 0 spiro atoms. The number of rotatable bonds is 7. The Hall–Kier alpha value is -8.14. The van der Waals surface area contributed by atoms with Gasteiger partial charge in [0.25, 0.3) is 0 Å². The standard InChI is InChI=1S/C58H37NO2/c1-2-10-38(11-3-1)43-13-8-14-44(36-43)39-20-28-46(29-21-39)59(47-30-22-40(23-31-47)45-27-35-55-53(37-45)51-16-6-7-18-54(51)60-55)48-32-24-42(25-33-48)49-17-9-19-56-57(49)52-34-26-41-12-4-5-15-50(41)58(52)61-56/h1-37H. The second-order valence-corrected chi connectivity index (χ2v) is 15.7. The van der Waals surface area contributed by atoms with Gasteiger partial charge < -0.3 is 13.7 Å². The van der Waals surface area contributed by atoms with E-state index >= 15 is 0 Å². The molecule has 0 saturated heterocycles. The lowest BCUT2D eigenvalue weighted by Crippen LogP contribution is -2.09. The molecular formula is C58H37NO2. The maximum atomic E-state index is 6.54. The highest BCUT2D eigenvalue weighted by Crippen LogP contribution is 2.42. The summed E-state index contributed by atoms with van der Waals surface area (Å²) in [6, 6.07) is 80.0. The monoisotopic (exact) mass is 779 g/mol. The van der Waals surface area contributed by atoms with E-state index in [-0.39, 0.29) is 0 Å². The first-order valence-electron chi connectivity index (χ1n) is 20.7. The molecule has 0 fully saturated rings. The molecule has 10 aromatic carbocycles. The van der Waals surface area contributed by atoms with Gasteiger partial charge in [-0.05, 0) is 123 Å². The minimum Gasteiger partial charge on any atom is -0.456 e. The summed E-state index contributed by atoms with van der Waals surface area (Å²) in [7, 11) is 0. The molecule has 0 bridgehead atoms. The normalized spacial score (nSPS) is 11.6. The van der Waals surface area contributed by atoms with E-state index < -0.39 is 0 Å². The predicted molar refractivity (Wildman–Crippen MR) is 255 cm³/mol. The minimum absolute atomic E-state index is 0.893. The molecule has 0 aliphatic rings. The Bertz CT molecular complexity index is 3560. The third kappa shape index (κ3) is 6.06. The minimum atomic E-state index is 0.893. The van der Waals surface area contributed by atoms with Gasteiger partial charge in [0, 0.05) is 44.0 Å². The first-order chi connectivity index (χ1) is 30.2. The average molecular weight is 780 g/mol. The van der Waals surface area contributed by atoms with Crippen molar-refractivity contribution in [2.24, 2.45) is 0 Å². The van der Waals surface area contributed by atoms with Gasteiger partial charge in [0.15, 0.2) is 0 Å². The van der Waals surface area contributed by atoms with Crippen molar-refractivity contribution in [1.29, 1.82) is 0 Å². The quantitative estimate of drug-likeness (QED) is 0.161. The Morgan fingerprint density at radius 2 is 0.803 bits per heavy atom. The number of hydrogen-bond acceptors (Lipinski definition) is 3. The van der Waals surface area contributed by atoms with Crippen molar-refractivity contribution in [3.63, 3.8) is 0 Å². The van der Waals surface area contributed by atoms with Crippen molar-refractivity contribution >= 4 is 71.7 Å². The van der Waals surface area contributed by atoms with Crippen molar-refractivity contribution in [1.82, 2.24) is 0 Å². The summed E-state index contributed by atoms with van der Waals surface area (Å²) in [5, 5.41) is 6.83. The first-order valence-corrected chi connectivity index (χ1v) is 20.7. The van der Waals surface area contributed by atoms with Gasteiger partial charge in [0.05, 0.1) is 0 Å². The smallest absolute Gasteiger partial charge is 0.143 e. The van der Waals surface area contributed by atoms with Crippen molar-refractivity contribution in [2.45, 2.75) is 0 Å². The van der Waals surface area contributed by atoms with Crippen LogP contribution in [-0.4, -0.2) is 0 Å². The van der Waals surface area contributed by atoms with Crippen LogP contribution in [0.15, 0.2) is 233 Å². The molecule has 0 atom stereocenters. The van der Waals surface area contributed by atoms with Crippen molar-refractivity contribution in [2.75, 3.05) is 4.90 Å². The van der Waals surface area contributed by atoms with E-state index in [4.69, 9.17) is 8.83 Å². The molecule has 12 rings (SSSR count). The number of para-hydroxylation sites is 1. The van der Waals surface area contributed by atoms with E-state index in [2.05, 4.69) is 217 Å². The molecule has 0 saturated carbocycles. The predicted octanol–water partition coefficient (Wildman–Crippen LogP) is 16.8. The van der Waals surface area contributed by atoms with Crippen LogP contribution in [0.1, 0.15) is 0 Å². The Morgan fingerprint density at radius 3 is 1.52 bits per heavy atom. The first kappa shape index (κ1) is 34.9. The Morgan fingerprint density at radius 1 is 0.279 bits per heavy atom. The highest BCUT2D eigenvalue weighted by atomic mass is 16.3. The van der Waals surface area contributed by atoms with E-state index in [1.54, 1.807) is 0 Å². The molecule has 0 unspecified atom stereocenters. The summed E-state index contributed by atoms with van der Waals surface area (Å²) in [4.78, 5) is 2.34. The molecule has 61 heavy (non-hydrogen) atoms. The maximum absolute atomic E-state index is 6.54. The SMILES string of the molecule is c1ccc(-c2cccc(-c3ccc(N(c4ccc(-c5ccc6oc7ccccc7c6c5)cc4)c4ccc(-c5cccc6oc7c8ccccc8ccc7c56)cc4)cc3)c2)cc1. The summed E-state index contributed by atoms with van der Waals surface area (Å²) in [5.41, 5.74) is 16.2. The second-order valence-electron chi connectivity index (χ2n) is 15.7. The highest BCUT2D eigenvalue weighted by Gasteiger charge is 2.18. The molecule has 0 radical (unpaired) electrons. The van der Waals surface area contributed by atoms with Gasteiger partial charge in [0.1, 0.15) is 22.3 Å². The number of hydrogen-bond donors (Lipinski definition) is 0. The lowest BCUT2D eigenvalue weighted by Gasteiger charge is -2.26. The molecule has 2 aromatic heterocycles. The fraction of sp³-hybridized carbons (Fsp3) is 0. The van der Waals surface area contributed by atoms with Crippen molar-refractivity contribution in [3.05, 3.63) is 224 Å². The molecule has 0 amide bonds. The van der Waals surface area contributed by atoms with E-state index in [0.29, 0.717) is 0 Å². The van der Waals surface area contributed by atoms with Gasteiger partial charge in [-0.25, -0.2) is 0 Å². The van der Waals surface area contributed by atoms with E-state index in [0.717, 1.165) is 88.6 Å². The van der Waals surface area contributed by atoms with Gasteiger partial charge in [-0.1, -0.05) is 152 Å². The molecule has 3 heteroatoms. The molecule has 12 aromatic rings. The zero-order chi connectivity index (χ0) is 40.3. The van der Waals surface area contributed by atoms with Gasteiger partial charge in [-0.3, -0.25) is 0 Å². The third-order valence-electron chi connectivity index (χ3n) is 12.1. The van der Waals surface area contributed by atoms with Gasteiger partial charge in [-0.2, -0.15) is 0 Å². The summed E-state index contributed by atoms with van der Waals surface area (Å²) in [5.74, 6) is 0. The number of benzene rings is 10. The van der Waals surface area contributed by atoms with Crippen LogP contribution in [0, 0.1) is 0 Å². The van der Waals surface area contributed by atoms with E-state index in [1.807, 2.05) is 12.1 Å². The Balaban J connectivity index is 0.934. The fourth-order valence-corrected chi connectivity index (χ4v) is 9.05. The molecule has 2 heterocycles. The molecule has 0 aliphatic heterocycles. The maximum Gasteiger partial charge on any atom is 0.143 e. The summed E-state index contributed by atoms with van der Waals surface area (Å²) >= 11 is 0. The van der Waals surface area contributed by atoms with Crippen LogP contribution in [0.5, 0.6) is 0 Å². The van der Waals surface area contributed by atoms with E-state index in [9.17, 15) is 0 Å². The summed E-state index contributed by atoms with van der Waals surface area (Å²) in [6.07, 6.45) is 0.